The molecule has 0 radical (unpaired) electrons. The van der Waals surface area contributed by atoms with Gasteiger partial charge in [0.05, 0.1) is 12.1 Å². The number of aromatic amines is 1. The lowest BCUT2D eigenvalue weighted by atomic mass is 9.97. The quantitative estimate of drug-likeness (QED) is 0.641. The standard InChI is InChI=1S/C25H25F2N3O2/c26-17-8-5-15(6-9-17)11-19-14-21-23(3-1-2-4-24(31)29-21)30(19)25(32)22-12-16-7-10-18(27)13-20(16)28-22/h5-10,12-13,19,21,23,28H,1-4,11,14H2,(H,29,31)/t19-,21+,23-/m1/s1. The molecule has 2 saturated heterocycles. The molecule has 0 unspecified atom stereocenters. The molecule has 0 bridgehead atoms. The fourth-order valence-electron chi connectivity index (χ4n) is 5.19. The molecule has 0 aliphatic carbocycles. The van der Waals surface area contributed by atoms with Crippen molar-refractivity contribution in [1.82, 2.24) is 15.2 Å². The van der Waals surface area contributed by atoms with Crippen molar-refractivity contribution in [2.45, 2.75) is 56.7 Å². The van der Waals surface area contributed by atoms with Crippen molar-refractivity contribution in [1.29, 1.82) is 0 Å². The number of aromatic nitrogens is 1. The Labute approximate surface area is 184 Å². The molecule has 2 aliphatic rings. The van der Waals surface area contributed by atoms with Crippen molar-refractivity contribution in [2.24, 2.45) is 0 Å². The molecule has 5 rings (SSSR count). The van der Waals surface area contributed by atoms with Crippen molar-refractivity contribution < 1.29 is 18.4 Å². The fraction of sp³-hybridized carbons (Fsp3) is 0.360. The van der Waals surface area contributed by atoms with Crippen LogP contribution in [0.3, 0.4) is 0 Å². The smallest absolute Gasteiger partial charge is 0.270 e. The van der Waals surface area contributed by atoms with E-state index in [0.717, 1.165) is 30.2 Å². The van der Waals surface area contributed by atoms with E-state index in [0.29, 0.717) is 30.5 Å². The van der Waals surface area contributed by atoms with Crippen LogP contribution in [0.25, 0.3) is 10.9 Å². The van der Waals surface area contributed by atoms with E-state index in [4.69, 9.17) is 0 Å². The van der Waals surface area contributed by atoms with Gasteiger partial charge in [-0.2, -0.15) is 0 Å². The zero-order valence-electron chi connectivity index (χ0n) is 17.6. The normalized spacial score (nSPS) is 23.5. The second-order valence-corrected chi connectivity index (χ2v) is 8.83. The van der Waals surface area contributed by atoms with Crippen LogP contribution >= 0.6 is 0 Å². The summed E-state index contributed by atoms with van der Waals surface area (Å²) in [5, 5.41) is 3.89. The van der Waals surface area contributed by atoms with Gasteiger partial charge in [0.1, 0.15) is 17.3 Å². The highest BCUT2D eigenvalue weighted by molar-refractivity contribution is 5.98. The maximum absolute atomic E-state index is 13.7. The summed E-state index contributed by atoms with van der Waals surface area (Å²) in [5.41, 5.74) is 1.92. The molecule has 3 heterocycles. The number of amides is 2. The van der Waals surface area contributed by atoms with Gasteiger partial charge in [-0.1, -0.05) is 18.6 Å². The largest absolute Gasteiger partial charge is 0.351 e. The zero-order valence-corrected chi connectivity index (χ0v) is 17.6. The molecule has 1 aromatic heterocycles. The Morgan fingerprint density at radius 2 is 1.81 bits per heavy atom. The highest BCUT2D eigenvalue weighted by atomic mass is 19.1. The summed E-state index contributed by atoms with van der Waals surface area (Å²) in [5.74, 6) is -0.796. The number of carbonyl (C=O) groups is 2. The van der Waals surface area contributed by atoms with Gasteiger partial charge in [-0.05, 0) is 67.6 Å². The summed E-state index contributed by atoms with van der Waals surface area (Å²) in [6, 6.07) is 12.1. The summed E-state index contributed by atoms with van der Waals surface area (Å²) >= 11 is 0. The lowest BCUT2D eigenvalue weighted by Crippen LogP contribution is -2.49. The summed E-state index contributed by atoms with van der Waals surface area (Å²) < 4.78 is 27.0. The number of fused-ring (bicyclic) bond motifs is 2. The molecule has 2 fully saturated rings. The summed E-state index contributed by atoms with van der Waals surface area (Å²) in [7, 11) is 0. The molecule has 3 atom stereocenters. The molecule has 32 heavy (non-hydrogen) atoms. The van der Waals surface area contributed by atoms with Crippen molar-refractivity contribution in [3.63, 3.8) is 0 Å². The van der Waals surface area contributed by atoms with Crippen LogP contribution in [-0.2, 0) is 11.2 Å². The van der Waals surface area contributed by atoms with Crippen LogP contribution in [0.4, 0.5) is 8.78 Å². The average molecular weight is 437 g/mol. The van der Waals surface area contributed by atoms with E-state index in [1.54, 1.807) is 24.3 Å². The molecular weight excluding hydrogens is 412 g/mol. The molecule has 0 saturated carbocycles. The number of carbonyl (C=O) groups excluding carboxylic acids is 2. The van der Waals surface area contributed by atoms with Gasteiger partial charge in [-0.25, -0.2) is 8.78 Å². The molecule has 3 aromatic rings. The first kappa shape index (κ1) is 20.7. The summed E-state index contributed by atoms with van der Waals surface area (Å²) in [4.78, 5) is 31.0. The third-order valence-corrected chi connectivity index (χ3v) is 6.68. The van der Waals surface area contributed by atoms with Gasteiger partial charge in [-0.15, -0.1) is 0 Å². The second kappa shape index (κ2) is 8.37. The highest BCUT2D eigenvalue weighted by Crippen LogP contribution is 2.33. The van der Waals surface area contributed by atoms with Crippen LogP contribution in [0.2, 0.25) is 0 Å². The van der Waals surface area contributed by atoms with Gasteiger partial charge in [0.2, 0.25) is 5.91 Å². The minimum atomic E-state index is -0.364. The highest BCUT2D eigenvalue weighted by Gasteiger charge is 2.45. The predicted octanol–water partition coefficient (Wildman–Crippen LogP) is 4.33. The molecule has 2 aliphatic heterocycles. The van der Waals surface area contributed by atoms with Crippen LogP contribution in [0, 0.1) is 11.6 Å². The van der Waals surface area contributed by atoms with Crippen molar-refractivity contribution in [2.75, 3.05) is 0 Å². The van der Waals surface area contributed by atoms with Gasteiger partial charge < -0.3 is 15.2 Å². The Morgan fingerprint density at radius 3 is 2.62 bits per heavy atom. The van der Waals surface area contributed by atoms with E-state index in [-0.39, 0.29) is 41.6 Å². The van der Waals surface area contributed by atoms with Crippen molar-refractivity contribution in [3.8, 4) is 0 Å². The number of rotatable bonds is 3. The molecule has 2 N–H and O–H groups in total. The Balaban J connectivity index is 1.49. The van der Waals surface area contributed by atoms with Crippen molar-refractivity contribution in [3.05, 3.63) is 71.4 Å². The van der Waals surface area contributed by atoms with Gasteiger partial charge in [0.15, 0.2) is 0 Å². The van der Waals surface area contributed by atoms with E-state index in [1.807, 2.05) is 4.90 Å². The van der Waals surface area contributed by atoms with E-state index >= 15 is 0 Å². The molecular formula is C25H25F2N3O2. The molecule has 5 nitrogen and oxygen atoms in total. The minimum Gasteiger partial charge on any atom is -0.351 e. The summed E-state index contributed by atoms with van der Waals surface area (Å²) in [6.07, 6.45) is 4.21. The number of benzene rings is 2. The van der Waals surface area contributed by atoms with Crippen LogP contribution in [0.15, 0.2) is 48.5 Å². The fourth-order valence-corrected chi connectivity index (χ4v) is 5.19. The molecule has 0 spiro atoms. The third-order valence-electron chi connectivity index (χ3n) is 6.68. The Morgan fingerprint density at radius 1 is 1.03 bits per heavy atom. The Bertz CT molecular complexity index is 1160. The monoisotopic (exact) mass is 437 g/mol. The van der Waals surface area contributed by atoms with E-state index in [2.05, 4.69) is 10.3 Å². The number of hydrogen-bond donors (Lipinski definition) is 2. The van der Waals surface area contributed by atoms with Gasteiger partial charge in [-0.3, -0.25) is 9.59 Å². The first-order chi connectivity index (χ1) is 15.5. The number of H-pyrrole nitrogens is 1. The van der Waals surface area contributed by atoms with Gasteiger partial charge >= 0.3 is 0 Å². The number of likely N-dealkylation sites (tertiary alicyclic amines) is 1. The average Bonchev–Trinajstić information content (AvgIpc) is 3.31. The summed E-state index contributed by atoms with van der Waals surface area (Å²) in [6.45, 7) is 0. The lowest BCUT2D eigenvalue weighted by molar-refractivity contribution is -0.122. The molecule has 166 valence electrons. The zero-order chi connectivity index (χ0) is 22.2. The lowest BCUT2D eigenvalue weighted by Gasteiger charge is -2.32. The third kappa shape index (κ3) is 3.99. The van der Waals surface area contributed by atoms with E-state index < -0.39 is 0 Å². The molecule has 2 amide bonds. The maximum Gasteiger partial charge on any atom is 0.270 e. The number of halogens is 2. The Hall–Kier alpha value is -3.22. The topological polar surface area (TPSA) is 65.2 Å². The SMILES string of the molecule is O=C1CCCC[C@@H]2[C@H](C[C@@H](Cc3ccc(F)cc3)N2C(=O)c2cc3ccc(F)cc3[nH]2)N1. The Kier molecular flexibility index (Phi) is 5.41. The van der Waals surface area contributed by atoms with Gasteiger partial charge in [0, 0.05) is 23.4 Å². The van der Waals surface area contributed by atoms with Crippen molar-refractivity contribution >= 4 is 22.7 Å². The minimum absolute atomic E-state index is 0.0237. The van der Waals surface area contributed by atoms with Crippen LogP contribution in [0.1, 0.15) is 48.2 Å². The van der Waals surface area contributed by atoms with Crippen LogP contribution in [0.5, 0.6) is 0 Å². The van der Waals surface area contributed by atoms with Crippen LogP contribution < -0.4 is 5.32 Å². The molecule has 7 heteroatoms. The van der Waals surface area contributed by atoms with Crippen LogP contribution in [-0.4, -0.2) is 39.8 Å². The maximum atomic E-state index is 13.7. The van der Waals surface area contributed by atoms with E-state index in [1.165, 1.54) is 24.3 Å². The molecule has 2 aromatic carbocycles. The predicted molar refractivity (Wildman–Crippen MR) is 117 cm³/mol. The van der Waals surface area contributed by atoms with E-state index in [9.17, 15) is 18.4 Å². The first-order valence-electron chi connectivity index (χ1n) is 11.1. The first-order valence-corrected chi connectivity index (χ1v) is 11.1. The second-order valence-electron chi connectivity index (χ2n) is 8.83. The number of nitrogens with one attached hydrogen (secondary N) is 2. The number of hydrogen-bond acceptors (Lipinski definition) is 2. The number of nitrogens with zero attached hydrogens (tertiary/aromatic N) is 1. The van der Waals surface area contributed by atoms with Gasteiger partial charge in [0.25, 0.3) is 5.91 Å².